The van der Waals surface area contributed by atoms with Crippen LogP contribution in [0.1, 0.15) is 83.9 Å². The van der Waals surface area contributed by atoms with Gasteiger partial charge in [-0.2, -0.15) is 0 Å². The average molecular weight is 665 g/mol. The van der Waals surface area contributed by atoms with E-state index in [9.17, 15) is 9.59 Å². The van der Waals surface area contributed by atoms with Gasteiger partial charge in [-0.05, 0) is 79.5 Å². The number of methoxy groups -OCH3 is 1. The second-order valence-electron chi connectivity index (χ2n) is 13.2. The van der Waals surface area contributed by atoms with Crippen LogP contribution in [0.2, 0.25) is 0 Å². The van der Waals surface area contributed by atoms with Gasteiger partial charge in [0.05, 0.1) is 48.5 Å². The Labute approximate surface area is 288 Å². The van der Waals surface area contributed by atoms with E-state index < -0.39 is 0 Å². The Hall–Kier alpha value is -4.70. The van der Waals surface area contributed by atoms with Crippen LogP contribution in [-0.4, -0.2) is 67.4 Å². The lowest BCUT2D eigenvalue weighted by atomic mass is 9.92. The number of carbonyl (C=O) groups excluding carboxylic acids is 2. The highest BCUT2D eigenvalue weighted by molar-refractivity contribution is 6.07. The molecule has 49 heavy (non-hydrogen) atoms. The fourth-order valence-corrected chi connectivity index (χ4v) is 6.60. The molecule has 0 saturated carbocycles. The minimum Gasteiger partial charge on any atom is -0.488 e. The zero-order valence-corrected chi connectivity index (χ0v) is 29.6. The maximum atomic E-state index is 13.1. The van der Waals surface area contributed by atoms with E-state index in [1.807, 2.05) is 29.8 Å². The first-order valence-corrected chi connectivity index (χ1v) is 17.6. The molecule has 0 bridgehead atoms. The van der Waals surface area contributed by atoms with E-state index in [-0.39, 0.29) is 24.0 Å². The molecule has 5 aromatic rings. The maximum Gasteiger partial charge on any atom is 0.225 e. The molecule has 0 aliphatic carbocycles. The number of rotatable bonds is 14. The molecule has 0 saturated heterocycles. The molecule has 3 heterocycles. The molecule has 258 valence electrons. The monoisotopic (exact) mass is 664 g/mol. The Morgan fingerprint density at radius 1 is 0.959 bits per heavy atom. The number of fused-ring (bicyclic) bond motifs is 6. The van der Waals surface area contributed by atoms with Gasteiger partial charge in [0, 0.05) is 37.1 Å². The van der Waals surface area contributed by atoms with Crippen molar-refractivity contribution in [2.75, 3.05) is 13.7 Å². The summed E-state index contributed by atoms with van der Waals surface area (Å²) in [6, 6.07) is 15.0. The van der Waals surface area contributed by atoms with Gasteiger partial charge in [0.2, 0.25) is 11.8 Å². The number of amides is 2. The highest BCUT2D eigenvalue weighted by Crippen LogP contribution is 2.42. The van der Waals surface area contributed by atoms with E-state index in [2.05, 4.69) is 78.2 Å². The molecule has 10 nitrogen and oxygen atoms in total. The van der Waals surface area contributed by atoms with Crippen LogP contribution in [0.5, 0.6) is 5.75 Å². The summed E-state index contributed by atoms with van der Waals surface area (Å²) in [5.74, 6) is 2.60. The van der Waals surface area contributed by atoms with Crippen molar-refractivity contribution in [1.82, 2.24) is 29.7 Å². The Morgan fingerprint density at radius 3 is 2.55 bits per heavy atom. The molecule has 6 rings (SSSR count). The van der Waals surface area contributed by atoms with Crippen LogP contribution in [0.25, 0.3) is 44.2 Å². The Kier molecular flexibility index (Phi) is 10.3. The third-order valence-corrected chi connectivity index (χ3v) is 9.61. The van der Waals surface area contributed by atoms with Crippen LogP contribution in [0, 0.1) is 0 Å². The molecule has 3 aromatic carbocycles. The van der Waals surface area contributed by atoms with Crippen molar-refractivity contribution < 1.29 is 19.1 Å². The number of aromatic nitrogens is 4. The third-order valence-electron chi connectivity index (χ3n) is 9.61. The predicted octanol–water partition coefficient (Wildman–Crippen LogP) is 7.76. The first kappa shape index (κ1) is 34.2. The Morgan fingerprint density at radius 2 is 1.80 bits per heavy atom. The molecule has 2 amide bonds. The van der Waals surface area contributed by atoms with Crippen molar-refractivity contribution in [3.63, 3.8) is 0 Å². The van der Waals surface area contributed by atoms with Crippen LogP contribution >= 0.6 is 0 Å². The SMILES string of the molecule is CCCC(=O)N(CCC)Cc1nc2c(ccc3cc4c(cc32)OCc2cc(-c3cnc(CN(C(=O)CC(C)OC)[C@@H](C)CC)[nH]3)ccc2-4)[nH]1. The number of H-pyrrole nitrogens is 2. The van der Waals surface area contributed by atoms with E-state index in [1.54, 1.807) is 7.11 Å². The Bertz CT molecular complexity index is 1960. The predicted molar refractivity (Wildman–Crippen MR) is 193 cm³/mol. The number of aromatic amines is 2. The zero-order valence-electron chi connectivity index (χ0n) is 29.6. The quantitative estimate of drug-likeness (QED) is 0.125. The molecule has 2 N–H and O–H groups in total. The van der Waals surface area contributed by atoms with Gasteiger partial charge in [-0.15, -0.1) is 0 Å². The number of carbonyl (C=O) groups is 2. The van der Waals surface area contributed by atoms with Gasteiger partial charge < -0.3 is 29.2 Å². The van der Waals surface area contributed by atoms with Gasteiger partial charge in [0.15, 0.2) is 0 Å². The van der Waals surface area contributed by atoms with Gasteiger partial charge >= 0.3 is 0 Å². The highest BCUT2D eigenvalue weighted by Gasteiger charge is 2.24. The van der Waals surface area contributed by atoms with E-state index in [0.717, 1.165) is 86.4 Å². The minimum absolute atomic E-state index is 0.0600. The van der Waals surface area contributed by atoms with Crippen molar-refractivity contribution >= 4 is 33.6 Å². The number of nitrogens with zero attached hydrogens (tertiary/aromatic N) is 4. The number of imidazole rings is 2. The summed E-state index contributed by atoms with van der Waals surface area (Å²) in [4.78, 5) is 46.1. The highest BCUT2D eigenvalue weighted by atomic mass is 16.5. The maximum absolute atomic E-state index is 13.1. The van der Waals surface area contributed by atoms with Crippen molar-refractivity contribution in [2.24, 2.45) is 0 Å². The summed E-state index contributed by atoms with van der Waals surface area (Å²) in [5, 5.41) is 2.10. The fourth-order valence-electron chi connectivity index (χ4n) is 6.60. The summed E-state index contributed by atoms with van der Waals surface area (Å²) in [6.07, 6.45) is 5.18. The standard InChI is InChI=1S/C39H48N6O4/c1-7-10-37(46)44(15-8-2)21-36-41-32-14-12-26-18-31-29-13-11-27(17-28(29)23-49-34(31)19-30(26)39(32)43-36)33-20-40-35(42-33)22-45(24(4)9-3)38(47)16-25(5)48-6/h11-14,17-20,24-25H,7-10,15-16,21-23H2,1-6H3,(H,40,42)(H,41,43)/t24-,25?/m0/s1. The molecule has 0 spiro atoms. The summed E-state index contributed by atoms with van der Waals surface area (Å²) < 4.78 is 11.7. The normalized spacial score (nSPS) is 13.5. The van der Waals surface area contributed by atoms with Crippen molar-refractivity contribution in [1.29, 1.82) is 0 Å². The molecular weight excluding hydrogens is 616 g/mol. The summed E-state index contributed by atoms with van der Waals surface area (Å²) in [5.41, 5.74) is 7.03. The molecule has 0 fully saturated rings. The second kappa shape index (κ2) is 14.8. The van der Waals surface area contributed by atoms with Gasteiger partial charge in [-0.3, -0.25) is 9.59 Å². The molecule has 2 aromatic heterocycles. The first-order chi connectivity index (χ1) is 23.7. The summed E-state index contributed by atoms with van der Waals surface area (Å²) >= 11 is 0. The van der Waals surface area contributed by atoms with Crippen LogP contribution in [0.4, 0.5) is 0 Å². The molecule has 1 aliphatic rings. The topological polar surface area (TPSA) is 116 Å². The largest absolute Gasteiger partial charge is 0.488 e. The molecule has 1 aliphatic heterocycles. The lowest BCUT2D eigenvalue weighted by Gasteiger charge is -2.28. The molecule has 0 radical (unpaired) electrons. The lowest BCUT2D eigenvalue weighted by molar-refractivity contribution is -0.136. The van der Waals surface area contributed by atoms with Crippen LogP contribution in [-0.2, 0) is 34.0 Å². The third kappa shape index (κ3) is 7.20. The average Bonchev–Trinajstić information content (AvgIpc) is 3.76. The smallest absolute Gasteiger partial charge is 0.225 e. The minimum atomic E-state index is -0.138. The Balaban J connectivity index is 1.24. The van der Waals surface area contributed by atoms with E-state index >= 15 is 0 Å². The van der Waals surface area contributed by atoms with Gasteiger partial charge in [-0.1, -0.05) is 39.0 Å². The molecule has 1 unspecified atom stereocenters. The molecular formula is C39H48N6O4. The number of ether oxygens (including phenoxy) is 2. The van der Waals surface area contributed by atoms with Crippen LogP contribution in [0.3, 0.4) is 0 Å². The lowest BCUT2D eigenvalue weighted by Crippen LogP contribution is -2.39. The van der Waals surface area contributed by atoms with Crippen molar-refractivity contribution in [3.8, 4) is 28.1 Å². The summed E-state index contributed by atoms with van der Waals surface area (Å²) in [6.45, 7) is 12.2. The number of hydrogen-bond donors (Lipinski definition) is 2. The van der Waals surface area contributed by atoms with Gasteiger partial charge in [0.1, 0.15) is 24.0 Å². The van der Waals surface area contributed by atoms with E-state index in [4.69, 9.17) is 14.5 Å². The van der Waals surface area contributed by atoms with Crippen LogP contribution in [0.15, 0.2) is 48.7 Å². The number of benzene rings is 3. The zero-order chi connectivity index (χ0) is 34.7. The van der Waals surface area contributed by atoms with Crippen LogP contribution < -0.4 is 4.74 Å². The van der Waals surface area contributed by atoms with Crippen molar-refractivity contribution in [2.45, 2.75) is 98.6 Å². The number of hydrogen-bond acceptors (Lipinski definition) is 6. The van der Waals surface area contributed by atoms with Gasteiger partial charge in [0.25, 0.3) is 0 Å². The van der Waals surface area contributed by atoms with Crippen molar-refractivity contribution in [3.05, 3.63) is 65.9 Å². The van der Waals surface area contributed by atoms with E-state index in [0.29, 0.717) is 39.1 Å². The summed E-state index contributed by atoms with van der Waals surface area (Å²) in [7, 11) is 1.63. The number of nitrogens with one attached hydrogen (secondary N) is 2. The second-order valence-corrected chi connectivity index (χ2v) is 13.2. The first-order valence-electron chi connectivity index (χ1n) is 17.6. The molecule has 10 heteroatoms. The fraction of sp³-hybridized carbons (Fsp3) is 0.436. The van der Waals surface area contributed by atoms with E-state index in [1.165, 1.54) is 0 Å². The molecule has 2 atom stereocenters. The van der Waals surface area contributed by atoms with Gasteiger partial charge in [-0.25, -0.2) is 9.97 Å².